The van der Waals surface area contributed by atoms with Gasteiger partial charge in [-0.15, -0.1) is 0 Å². The molecule has 4 nitrogen and oxygen atoms in total. The van der Waals surface area contributed by atoms with Crippen LogP contribution < -0.4 is 25.5 Å². The highest BCUT2D eigenvalue weighted by Gasteiger charge is 2.51. The molecule has 10 aromatic carbocycles. The van der Waals surface area contributed by atoms with Crippen LogP contribution in [0.4, 0.5) is 45.5 Å². The van der Waals surface area contributed by atoms with Crippen molar-refractivity contribution in [2.45, 2.75) is 123 Å². The number of benzene rings is 10. The van der Waals surface area contributed by atoms with E-state index in [0.717, 1.165) is 61.8 Å². The van der Waals surface area contributed by atoms with Crippen molar-refractivity contribution in [3.8, 4) is 33.4 Å². The lowest BCUT2D eigenvalue weighted by atomic mass is 9.43. The van der Waals surface area contributed by atoms with Crippen LogP contribution in [-0.2, 0) is 27.1 Å². The average molecular weight is 1090 g/mol. The third kappa shape index (κ3) is 7.79. The number of hydrogen-bond donors (Lipinski definition) is 0. The van der Waals surface area contributed by atoms with Gasteiger partial charge in [-0.05, 0) is 192 Å². The van der Waals surface area contributed by atoms with E-state index in [2.05, 4.69) is 304 Å². The fourth-order valence-electron chi connectivity index (χ4n) is 15.1. The van der Waals surface area contributed by atoms with Crippen LogP contribution in [0.1, 0.15) is 129 Å². The standard InChI is InChI=1S/C79H74BN3O/c1-75(2,3)50-32-35-54(36-33-50)83-68-41-38-57-59-47-63-64(78(9,10)43-42-77(63,7)8)48-62(59)79(11,12)71(57)70(68)61-46-60-56-30-22-23-31-69(56)84-74(60)73-72(61)80(83)65-45-55(81(52-26-18-14-19-27-52)53-28-20-15-21-29-53)37-40-67(65)82(73)66-39-34-51(76(4,5)6)44-58(66)49-24-16-13-17-25-49/h13-41,44-48H,42-43H2,1-12H3. The Hall–Kier alpha value is -8.54. The summed E-state index contributed by atoms with van der Waals surface area (Å²) in [5.74, 6) is 0. The topological polar surface area (TPSA) is 22.9 Å². The Labute approximate surface area is 497 Å². The maximum absolute atomic E-state index is 7.48. The quantitative estimate of drug-likeness (QED) is 0.155. The van der Waals surface area contributed by atoms with E-state index in [0.29, 0.717) is 0 Å². The molecule has 0 fully saturated rings. The van der Waals surface area contributed by atoms with Gasteiger partial charge < -0.3 is 19.0 Å². The molecule has 0 bridgehead atoms. The summed E-state index contributed by atoms with van der Waals surface area (Å²) >= 11 is 0. The molecule has 84 heavy (non-hydrogen) atoms. The summed E-state index contributed by atoms with van der Waals surface area (Å²) in [6.07, 6.45) is 2.34. The van der Waals surface area contributed by atoms with E-state index in [9.17, 15) is 0 Å². The molecule has 0 unspecified atom stereocenters. The first kappa shape index (κ1) is 52.3. The van der Waals surface area contributed by atoms with E-state index in [1.807, 2.05) is 0 Å². The van der Waals surface area contributed by atoms with Crippen molar-refractivity contribution in [2.24, 2.45) is 0 Å². The first-order chi connectivity index (χ1) is 40.2. The highest BCUT2D eigenvalue weighted by atomic mass is 16.3. The van der Waals surface area contributed by atoms with Crippen LogP contribution in [0.2, 0.25) is 0 Å². The number of fused-ring (bicyclic) bond motifs is 13. The van der Waals surface area contributed by atoms with E-state index in [1.54, 1.807) is 0 Å². The maximum Gasteiger partial charge on any atom is 0.333 e. The number of nitrogens with zero attached hydrogens (tertiary/aromatic N) is 3. The smallest absolute Gasteiger partial charge is 0.333 e. The zero-order valence-corrected chi connectivity index (χ0v) is 50.9. The lowest BCUT2D eigenvalue weighted by Gasteiger charge is -2.47. The molecule has 3 heterocycles. The first-order valence-corrected chi connectivity index (χ1v) is 30.5. The summed E-state index contributed by atoms with van der Waals surface area (Å²) < 4.78 is 7.48. The molecule has 11 aromatic rings. The molecule has 414 valence electrons. The fraction of sp³-hybridized carbons (Fsp3) is 0.241. The molecule has 1 aromatic heterocycles. The van der Waals surface area contributed by atoms with Gasteiger partial charge in [-0.3, -0.25) is 0 Å². The van der Waals surface area contributed by atoms with Crippen molar-refractivity contribution >= 4 is 85.2 Å². The van der Waals surface area contributed by atoms with Gasteiger partial charge in [-0.1, -0.05) is 198 Å². The Kier molecular flexibility index (Phi) is 11.3. The van der Waals surface area contributed by atoms with Crippen molar-refractivity contribution in [1.82, 2.24) is 0 Å². The third-order valence-electron chi connectivity index (χ3n) is 19.8. The molecular weight excluding hydrogens is 1020 g/mol. The molecule has 0 radical (unpaired) electrons. The summed E-state index contributed by atoms with van der Waals surface area (Å²) in [6, 6.07) is 78.3. The van der Waals surface area contributed by atoms with E-state index < -0.39 is 0 Å². The van der Waals surface area contributed by atoms with Crippen LogP contribution in [0.3, 0.4) is 0 Å². The summed E-state index contributed by atoms with van der Waals surface area (Å²) in [7, 11) is 0. The average Bonchev–Trinajstić information content (AvgIpc) is 1.27. The van der Waals surface area contributed by atoms with Crippen molar-refractivity contribution in [1.29, 1.82) is 0 Å². The largest absolute Gasteiger partial charge is 0.454 e. The second-order valence-electron chi connectivity index (χ2n) is 28.4. The van der Waals surface area contributed by atoms with Crippen molar-refractivity contribution in [2.75, 3.05) is 14.6 Å². The Morgan fingerprint density at radius 1 is 0.464 bits per heavy atom. The van der Waals surface area contributed by atoms with Gasteiger partial charge in [-0.2, -0.15) is 0 Å². The number of furan rings is 1. The van der Waals surface area contributed by atoms with Gasteiger partial charge in [0.05, 0.1) is 11.4 Å². The number of hydrogen-bond acceptors (Lipinski definition) is 4. The van der Waals surface area contributed by atoms with Gasteiger partial charge in [0.1, 0.15) is 5.58 Å². The van der Waals surface area contributed by atoms with Crippen LogP contribution in [0.5, 0.6) is 0 Å². The number of anilines is 8. The molecule has 15 rings (SSSR count). The van der Waals surface area contributed by atoms with Crippen LogP contribution in [-0.4, -0.2) is 6.85 Å². The first-order valence-electron chi connectivity index (χ1n) is 30.5. The molecular formula is C79H74BN3O. The van der Waals surface area contributed by atoms with Crippen LogP contribution >= 0.6 is 0 Å². The molecule has 0 atom stereocenters. The van der Waals surface area contributed by atoms with Crippen LogP contribution in [0.25, 0.3) is 55.3 Å². The summed E-state index contributed by atoms with van der Waals surface area (Å²) in [4.78, 5) is 7.75. The predicted octanol–water partition coefficient (Wildman–Crippen LogP) is 20.7. The normalized spacial score (nSPS) is 16.0. The molecule has 0 saturated carbocycles. The second-order valence-corrected chi connectivity index (χ2v) is 28.4. The Bertz CT molecular complexity index is 4440. The van der Waals surface area contributed by atoms with Crippen molar-refractivity contribution in [3.63, 3.8) is 0 Å². The molecule has 0 amide bonds. The number of rotatable bonds is 6. The Morgan fingerprint density at radius 3 is 1.70 bits per heavy atom. The lowest BCUT2D eigenvalue weighted by Crippen LogP contribution is -2.62. The van der Waals surface area contributed by atoms with E-state index >= 15 is 0 Å². The van der Waals surface area contributed by atoms with Gasteiger partial charge in [0.25, 0.3) is 0 Å². The van der Waals surface area contributed by atoms with Gasteiger partial charge >= 0.3 is 6.85 Å². The molecule has 0 spiro atoms. The van der Waals surface area contributed by atoms with Gasteiger partial charge in [0.15, 0.2) is 5.58 Å². The highest BCUT2D eigenvalue weighted by Crippen LogP contribution is 2.61. The van der Waals surface area contributed by atoms with Gasteiger partial charge in [0.2, 0.25) is 0 Å². The summed E-state index contributed by atoms with van der Waals surface area (Å²) in [5, 5.41) is 2.24. The van der Waals surface area contributed by atoms with E-state index in [4.69, 9.17) is 4.42 Å². The third-order valence-corrected chi connectivity index (χ3v) is 19.8. The molecule has 0 N–H and O–H groups in total. The second kappa shape index (κ2) is 18.2. The lowest BCUT2D eigenvalue weighted by molar-refractivity contribution is 0.331. The minimum absolute atomic E-state index is 0.0336. The van der Waals surface area contributed by atoms with Gasteiger partial charge in [0, 0.05) is 61.4 Å². The zero-order chi connectivity index (χ0) is 58.0. The Morgan fingerprint density at radius 2 is 1.05 bits per heavy atom. The molecule has 4 aliphatic rings. The predicted molar refractivity (Wildman–Crippen MR) is 358 cm³/mol. The van der Waals surface area contributed by atoms with Crippen LogP contribution in [0, 0.1) is 0 Å². The molecule has 5 heteroatoms. The van der Waals surface area contributed by atoms with Gasteiger partial charge in [-0.25, -0.2) is 0 Å². The minimum atomic E-state index is -0.355. The van der Waals surface area contributed by atoms with E-state index in [-0.39, 0.29) is 33.9 Å². The monoisotopic (exact) mass is 1090 g/mol. The SMILES string of the molecule is CC(C)(C)c1ccc(N2B3c4cc(N(c5ccccc5)c5ccccc5)ccc4N(c4ccc(C(C)(C)C)cc4-c4ccccc4)c4c3c(cc3c4oc4ccccc43)-c3c2ccc2c3C(C)(C)c3cc4c(cc3-2)C(C)(C)CCC4(C)C)cc1. The summed E-state index contributed by atoms with van der Waals surface area (Å²) in [6.45, 7) is 28.5. The highest BCUT2D eigenvalue weighted by molar-refractivity contribution is 6.94. The molecule has 0 saturated heterocycles. The molecule has 2 aliphatic heterocycles. The van der Waals surface area contributed by atoms with Crippen molar-refractivity contribution in [3.05, 3.63) is 240 Å². The van der Waals surface area contributed by atoms with Crippen molar-refractivity contribution < 1.29 is 4.42 Å². The minimum Gasteiger partial charge on any atom is -0.454 e. The van der Waals surface area contributed by atoms with Crippen LogP contribution in [0.15, 0.2) is 211 Å². The van der Waals surface area contributed by atoms with E-state index in [1.165, 1.54) is 96.2 Å². The molecule has 2 aliphatic carbocycles. The number of para-hydroxylation sites is 3. The fourth-order valence-corrected chi connectivity index (χ4v) is 15.1. The summed E-state index contributed by atoms with van der Waals surface area (Å²) in [5.41, 5.74) is 28.8. The Balaban J connectivity index is 1.11. The zero-order valence-electron chi connectivity index (χ0n) is 50.9. The maximum atomic E-state index is 7.48.